The first-order chi connectivity index (χ1) is 10.9. The van der Waals surface area contributed by atoms with E-state index in [1.807, 2.05) is 13.0 Å². The molecular formula is C15H23NO6S. The monoisotopic (exact) mass is 345 g/mol. The molecule has 0 unspecified atom stereocenters. The predicted octanol–water partition coefficient (Wildman–Crippen LogP) is 1.40. The maximum atomic E-state index is 12.4. The van der Waals surface area contributed by atoms with E-state index in [-0.39, 0.29) is 12.4 Å². The minimum atomic E-state index is -3.69. The normalized spacial score (nSPS) is 17.7. The first-order valence-electron chi connectivity index (χ1n) is 7.52. The third-order valence-electron chi connectivity index (χ3n) is 3.97. The van der Waals surface area contributed by atoms with Gasteiger partial charge in [0.05, 0.1) is 24.9 Å². The van der Waals surface area contributed by atoms with Gasteiger partial charge < -0.3 is 13.9 Å². The molecule has 130 valence electrons. The van der Waals surface area contributed by atoms with Crippen LogP contribution in [0.25, 0.3) is 0 Å². The number of ether oxygens (including phenoxy) is 2. The Hall–Kier alpha value is -1.38. The van der Waals surface area contributed by atoms with Gasteiger partial charge in [0.1, 0.15) is 17.6 Å². The maximum absolute atomic E-state index is 12.4. The van der Waals surface area contributed by atoms with Crippen LogP contribution in [-0.4, -0.2) is 41.0 Å². The SMILES string of the molecule is CCc1ccc([C@@H](COC)NS(=O)(=O)CC2(C(=O)OC)CC2)o1. The first kappa shape index (κ1) is 18.0. The Bertz CT molecular complexity index is 647. The quantitative estimate of drug-likeness (QED) is 0.680. The Morgan fingerprint density at radius 1 is 1.39 bits per heavy atom. The second-order valence-corrected chi connectivity index (χ2v) is 7.57. The molecule has 0 bridgehead atoms. The van der Waals surface area contributed by atoms with E-state index >= 15 is 0 Å². The van der Waals surface area contributed by atoms with Crippen molar-refractivity contribution in [2.24, 2.45) is 5.41 Å². The molecule has 1 atom stereocenters. The molecule has 0 aliphatic heterocycles. The van der Waals surface area contributed by atoms with Gasteiger partial charge in [0.25, 0.3) is 0 Å². The summed E-state index contributed by atoms with van der Waals surface area (Å²) in [7, 11) is -0.933. The summed E-state index contributed by atoms with van der Waals surface area (Å²) in [6.07, 6.45) is 1.77. The highest BCUT2D eigenvalue weighted by Gasteiger charge is 2.54. The highest BCUT2D eigenvalue weighted by molar-refractivity contribution is 7.89. The Labute approximate surface area is 136 Å². The van der Waals surface area contributed by atoms with E-state index in [2.05, 4.69) is 4.72 Å². The molecule has 0 amide bonds. The molecule has 23 heavy (non-hydrogen) atoms. The third kappa shape index (κ3) is 4.33. The van der Waals surface area contributed by atoms with Crippen LogP contribution < -0.4 is 4.72 Å². The summed E-state index contributed by atoms with van der Waals surface area (Å²) < 4.78 is 42.8. The molecule has 1 N–H and O–H groups in total. The fourth-order valence-electron chi connectivity index (χ4n) is 2.51. The van der Waals surface area contributed by atoms with Crippen molar-refractivity contribution in [1.29, 1.82) is 0 Å². The minimum Gasteiger partial charge on any atom is -0.469 e. The van der Waals surface area contributed by atoms with Gasteiger partial charge in [0.15, 0.2) is 0 Å². The molecule has 2 rings (SSSR count). The summed E-state index contributed by atoms with van der Waals surface area (Å²) in [5, 5.41) is 0. The molecule has 0 spiro atoms. The molecule has 1 aromatic heterocycles. The largest absolute Gasteiger partial charge is 0.469 e. The lowest BCUT2D eigenvalue weighted by Crippen LogP contribution is -2.37. The number of hydrogen-bond donors (Lipinski definition) is 1. The van der Waals surface area contributed by atoms with E-state index in [4.69, 9.17) is 13.9 Å². The summed E-state index contributed by atoms with van der Waals surface area (Å²) >= 11 is 0. The standard InChI is InChI=1S/C15H23NO6S/c1-4-11-5-6-13(22-11)12(9-20-2)16-23(18,19)10-15(7-8-15)14(17)21-3/h5-6,12,16H,4,7-10H2,1-3H3/t12-/m1/s1. The van der Waals surface area contributed by atoms with Gasteiger partial charge in [-0.2, -0.15) is 0 Å². The summed E-state index contributed by atoms with van der Waals surface area (Å²) in [5.74, 6) is 0.509. The molecule has 0 saturated heterocycles. The molecule has 7 nitrogen and oxygen atoms in total. The van der Waals surface area contributed by atoms with Crippen molar-refractivity contribution >= 4 is 16.0 Å². The fraction of sp³-hybridized carbons (Fsp3) is 0.667. The van der Waals surface area contributed by atoms with Crippen molar-refractivity contribution < 1.29 is 27.1 Å². The number of hydrogen-bond acceptors (Lipinski definition) is 6. The second kappa shape index (κ2) is 7.02. The molecule has 0 aromatic carbocycles. The van der Waals surface area contributed by atoms with Crippen LogP contribution in [0.5, 0.6) is 0 Å². The molecule has 1 fully saturated rings. The molecular weight excluding hydrogens is 322 g/mol. The van der Waals surface area contributed by atoms with Crippen molar-refractivity contribution in [1.82, 2.24) is 4.72 Å². The zero-order valence-corrected chi connectivity index (χ0v) is 14.4. The fourth-order valence-corrected chi connectivity index (χ4v) is 4.34. The zero-order valence-electron chi connectivity index (χ0n) is 13.6. The van der Waals surface area contributed by atoms with Crippen LogP contribution >= 0.6 is 0 Å². The number of furan rings is 1. The van der Waals surface area contributed by atoms with E-state index < -0.39 is 27.4 Å². The highest BCUT2D eigenvalue weighted by Crippen LogP contribution is 2.47. The summed E-state index contributed by atoms with van der Waals surface area (Å²) in [4.78, 5) is 11.7. The Kier molecular flexibility index (Phi) is 5.49. The van der Waals surface area contributed by atoms with Gasteiger partial charge in [0, 0.05) is 13.5 Å². The van der Waals surface area contributed by atoms with E-state index in [1.54, 1.807) is 6.07 Å². The number of aryl methyl sites for hydroxylation is 1. The number of nitrogens with one attached hydrogen (secondary N) is 1. The van der Waals surface area contributed by atoms with E-state index in [1.165, 1.54) is 14.2 Å². The number of sulfonamides is 1. The van der Waals surface area contributed by atoms with Gasteiger partial charge >= 0.3 is 5.97 Å². The predicted molar refractivity (Wildman–Crippen MR) is 83.3 cm³/mol. The lowest BCUT2D eigenvalue weighted by Gasteiger charge is -2.18. The van der Waals surface area contributed by atoms with Crippen molar-refractivity contribution in [3.8, 4) is 0 Å². The first-order valence-corrected chi connectivity index (χ1v) is 9.17. The Balaban J connectivity index is 2.10. The van der Waals surface area contributed by atoms with E-state index in [9.17, 15) is 13.2 Å². The molecule has 1 aliphatic rings. The highest BCUT2D eigenvalue weighted by atomic mass is 32.2. The molecule has 1 aliphatic carbocycles. The van der Waals surface area contributed by atoms with Crippen LogP contribution in [0.15, 0.2) is 16.5 Å². The summed E-state index contributed by atoms with van der Waals surface area (Å²) in [6, 6.07) is 2.92. The van der Waals surface area contributed by atoms with Crippen LogP contribution in [0.4, 0.5) is 0 Å². The summed E-state index contributed by atoms with van der Waals surface area (Å²) in [6.45, 7) is 2.09. The third-order valence-corrected chi connectivity index (χ3v) is 5.54. The zero-order chi connectivity index (χ0) is 17.1. The van der Waals surface area contributed by atoms with E-state index in [0.717, 1.165) is 12.2 Å². The minimum absolute atomic E-state index is 0.140. The second-order valence-electron chi connectivity index (χ2n) is 5.81. The van der Waals surface area contributed by atoms with Gasteiger partial charge in [0.2, 0.25) is 10.0 Å². The smallest absolute Gasteiger partial charge is 0.312 e. The van der Waals surface area contributed by atoms with Gasteiger partial charge in [-0.05, 0) is 25.0 Å². The Morgan fingerprint density at radius 2 is 2.09 bits per heavy atom. The molecule has 1 aromatic rings. The van der Waals surface area contributed by atoms with Crippen LogP contribution in [0, 0.1) is 5.41 Å². The Morgan fingerprint density at radius 3 is 2.57 bits per heavy atom. The van der Waals surface area contributed by atoms with Crippen molar-refractivity contribution in [3.05, 3.63) is 23.7 Å². The van der Waals surface area contributed by atoms with Gasteiger partial charge in [-0.1, -0.05) is 6.92 Å². The molecule has 1 saturated carbocycles. The summed E-state index contributed by atoms with van der Waals surface area (Å²) in [5.41, 5.74) is -0.907. The average molecular weight is 345 g/mol. The van der Waals surface area contributed by atoms with Crippen molar-refractivity contribution in [2.75, 3.05) is 26.6 Å². The van der Waals surface area contributed by atoms with Crippen molar-refractivity contribution in [3.63, 3.8) is 0 Å². The maximum Gasteiger partial charge on any atom is 0.312 e. The van der Waals surface area contributed by atoms with Crippen LogP contribution in [0.1, 0.15) is 37.3 Å². The van der Waals surface area contributed by atoms with Crippen LogP contribution in [-0.2, 0) is 30.7 Å². The van der Waals surface area contributed by atoms with Gasteiger partial charge in [-0.3, -0.25) is 4.79 Å². The molecule has 0 radical (unpaired) electrons. The van der Waals surface area contributed by atoms with Crippen LogP contribution in [0.2, 0.25) is 0 Å². The lowest BCUT2D eigenvalue weighted by atomic mass is 10.1. The number of rotatable bonds is 9. The lowest BCUT2D eigenvalue weighted by molar-refractivity contribution is -0.146. The average Bonchev–Trinajstić information content (AvgIpc) is 3.11. The molecule has 8 heteroatoms. The number of methoxy groups -OCH3 is 2. The van der Waals surface area contributed by atoms with Crippen LogP contribution in [0.3, 0.4) is 0 Å². The van der Waals surface area contributed by atoms with Crippen molar-refractivity contribution in [2.45, 2.75) is 32.2 Å². The van der Waals surface area contributed by atoms with Gasteiger partial charge in [-0.25, -0.2) is 13.1 Å². The van der Waals surface area contributed by atoms with Gasteiger partial charge in [-0.15, -0.1) is 0 Å². The van der Waals surface area contributed by atoms with E-state index in [0.29, 0.717) is 18.6 Å². The number of carbonyl (C=O) groups is 1. The number of carbonyl (C=O) groups excluding carboxylic acids is 1. The number of esters is 1. The topological polar surface area (TPSA) is 94.8 Å². The molecule has 1 heterocycles.